The second kappa shape index (κ2) is 10.5. The number of aromatic nitrogens is 2. The first-order valence-electron chi connectivity index (χ1n) is 12.0. The highest BCUT2D eigenvalue weighted by Gasteiger charge is 2.19. The molecule has 0 unspecified atom stereocenters. The van der Waals surface area contributed by atoms with E-state index in [1.807, 2.05) is 60.4 Å². The van der Waals surface area contributed by atoms with Crippen LogP contribution in [0.2, 0.25) is 0 Å². The Balaban J connectivity index is 1.47. The van der Waals surface area contributed by atoms with E-state index in [4.69, 9.17) is 5.11 Å². The number of anilines is 1. The van der Waals surface area contributed by atoms with Gasteiger partial charge >= 0.3 is 5.97 Å². The van der Waals surface area contributed by atoms with Crippen LogP contribution in [0, 0.1) is 5.82 Å². The average Bonchev–Trinajstić information content (AvgIpc) is 3.30. The standard InChI is InChI=1S/C31H24FN3O3/c1-34-29-13-12-25(17-26(29)19-33-34)23-10-7-21(8-11-23)20-35(31(38)24-5-3-2-4-6-24)28-16-22(9-14-30(36)37)15-27(32)18-28/h2-19H,20H2,1H3,(H,36,37)/b14-9+. The summed E-state index contributed by atoms with van der Waals surface area (Å²) in [6.45, 7) is 0.196. The molecule has 0 radical (unpaired) electrons. The first-order chi connectivity index (χ1) is 18.4. The summed E-state index contributed by atoms with van der Waals surface area (Å²) in [6, 6.07) is 26.9. The topological polar surface area (TPSA) is 75.4 Å². The van der Waals surface area contributed by atoms with Crippen molar-refractivity contribution in [1.29, 1.82) is 0 Å². The van der Waals surface area contributed by atoms with Crippen LogP contribution in [0.25, 0.3) is 28.1 Å². The molecule has 1 heterocycles. The van der Waals surface area contributed by atoms with Gasteiger partial charge in [0.1, 0.15) is 5.82 Å². The van der Waals surface area contributed by atoms with Crippen LogP contribution in [0.3, 0.4) is 0 Å². The number of aliphatic carboxylic acids is 1. The summed E-state index contributed by atoms with van der Waals surface area (Å²) in [5, 5.41) is 14.3. The fourth-order valence-corrected chi connectivity index (χ4v) is 4.36. The highest BCUT2D eigenvalue weighted by Crippen LogP contribution is 2.27. The van der Waals surface area contributed by atoms with Crippen molar-refractivity contribution in [2.24, 2.45) is 7.05 Å². The lowest BCUT2D eigenvalue weighted by atomic mass is 10.0. The van der Waals surface area contributed by atoms with Crippen molar-refractivity contribution in [2.45, 2.75) is 6.54 Å². The maximum Gasteiger partial charge on any atom is 0.328 e. The number of carbonyl (C=O) groups excluding carboxylic acids is 1. The molecule has 0 saturated heterocycles. The number of carboxylic acid groups (broad SMARTS) is 1. The third kappa shape index (κ3) is 5.37. The molecule has 1 aromatic heterocycles. The Labute approximate surface area is 218 Å². The summed E-state index contributed by atoms with van der Waals surface area (Å²) in [4.78, 5) is 26.0. The Morgan fingerprint density at radius 1 is 0.947 bits per heavy atom. The zero-order valence-electron chi connectivity index (χ0n) is 20.6. The van der Waals surface area contributed by atoms with Crippen LogP contribution in [0.5, 0.6) is 0 Å². The maximum absolute atomic E-state index is 14.5. The molecule has 0 spiro atoms. The lowest BCUT2D eigenvalue weighted by Crippen LogP contribution is -2.30. The van der Waals surface area contributed by atoms with E-state index < -0.39 is 11.8 Å². The molecule has 0 fully saturated rings. The molecule has 5 rings (SSSR count). The molecule has 7 heteroatoms. The number of carbonyl (C=O) groups is 2. The minimum absolute atomic E-state index is 0.196. The third-order valence-corrected chi connectivity index (χ3v) is 6.27. The molecule has 0 saturated carbocycles. The van der Waals surface area contributed by atoms with Crippen LogP contribution in [0.1, 0.15) is 21.5 Å². The van der Waals surface area contributed by atoms with Crippen LogP contribution in [-0.4, -0.2) is 26.8 Å². The summed E-state index contributed by atoms with van der Waals surface area (Å²) >= 11 is 0. The van der Waals surface area contributed by atoms with Gasteiger partial charge in [-0.25, -0.2) is 9.18 Å². The fourth-order valence-electron chi connectivity index (χ4n) is 4.36. The highest BCUT2D eigenvalue weighted by molar-refractivity contribution is 6.06. The smallest absolute Gasteiger partial charge is 0.328 e. The van der Waals surface area contributed by atoms with E-state index in [2.05, 4.69) is 11.2 Å². The van der Waals surface area contributed by atoms with E-state index in [0.29, 0.717) is 16.8 Å². The molecule has 1 amide bonds. The predicted molar refractivity (Wildman–Crippen MR) is 146 cm³/mol. The van der Waals surface area contributed by atoms with Gasteiger partial charge in [0.25, 0.3) is 5.91 Å². The van der Waals surface area contributed by atoms with Crippen molar-refractivity contribution >= 4 is 34.5 Å². The molecule has 0 aliphatic rings. The molecular formula is C31H24FN3O3. The van der Waals surface area contributed by atoms with Crippen molar-refractivity contribution in [3.05, 3.63) is 126 Å². The van der Waals surface area contributed by atoms with Crippen molar-refractivity contribution < 1.29 is 19.1 Å². The normalized spacial score (nSPS) is 11.2. The Morgan fingerprint density at radius 2 is 1.68 bits per heavy atom. The van der Waals surface area contributed by atoms with Gasteiger partial charge in [0, 0.05) is 29.8 Å². The predicted octanol–water partition coefficient (Wildman–Crippen LogP) is 6.32. The van der Waals surface area contributed by atoms with Gasteiger partial charge in [0.15, 0.2) is 0 Å². The van der Waals surface area contributed by atoms with Gasteiger partial charge in [0.2, 0.25) is 0 Å². The number of carboxylic acids is 1. The molecule has 0 aliphatic carbocycles. The monoisotopic (exact) mass is 505 g/mol. The SMILES string of the molecule is Cn1ncc2cc(-c3ccc(CN(C(=O)c4ccccc4)c4cc(F)cc(/C=C/C(=O)O)c4)cc3)ccc21. The molecule has 6 nitrogen and oxygen atoms in total. The Bertz CT molecular complexity index is 1660. The Kier molecular flexibility index (Phi) is 6.82. The summed E-state index contributed by atoms with van der Waals surface area (Å²) in [5.74, 6) is -2.01. The zero-order chi connectivity index (χ0) is 26.6. The second-order valence-electron chi connectivity index (χ2n) is 8.91. The Hall–Kier alpha value is -5.04. The molecule has 0 atom stereocenters. The molecule has 38 heavy (non-hydrogen) atoms. The van der Waals surface area contributed by atoms with Gasteiger partial charge in [-0.05, 0) is 70.8 Å². The van der Waals surface area contributed by atoms with Crippen LogP contribution < -0.4 is 4.90 Å². The van der Waals surface area contributed by atoms with Crippen molar-refractivity contribution in [2.75, 3.05) is 4.90 Å². The summed E-state index contributed by atoms with van der Waals surface area (Å²) in [5.41, 5.74) is 5.10. The fraction of sp³-hybridized carbons (Fsp3) is 0.0645. The number of rotatable bonds is 7. The van der Waals surface area contributed by atoms with Gasteiger partial charge in [-0.1, -0.05) is 48.5 Å². The van der Waals surface area contributed by atoms with E-state index in [1.54, 1.807) is 30.3 Å². The van der Waals surface area contributed by atoms with E-state index in [-0.39, 0.29) is 12.5 Å². The summed E-state index contributed by atoms with van der Waals surface area (Å²) < 4.78 is 16.4. The number of hydrogen-bond acceptors (Lipinski definition) is 3. The van der Waals surface area contributed by atoms with Gasteiger partial charge < -0.3 is 10.0 Å². The van der Waals surface area contributed by atoms with Gasteiger partial charge in [0.05, 0.1) is 18.3 Å². The van der Waals surface area contributed by atoms with Gasteiger partial charge in [-0.3, -0.25) is 9.48 Å². The lowest BCUT2D eigenvalue weighted by Gasteiger charge is -2.24. The number of amides is 1. The molecule has 1 N–H and O–H groups in total. The number of halogens is 1. The van der Waals surface area contributed by atoms with Crippen molar-refractivity contribution in [1.82, 2.24) is 9.78 Å². The lowest BCUT2D eigenvalue weighted by molar-refractivity contribution is -0.131. The van der Waals surface area contributed by atoms with Crippen LogP contribution in [0.4, 0.5) is 10.1 Å². The van der Waals surface area contributed by atoms with E-state index in [0.717, 1.165) is 33.7 Å². The number of fused-ring (bicyclic) bond motifs is 1. The van der Waals surface area contributed by atoms with Gasteiger partial charge in [-0.2, -0.15) is 5.10 Å². The van der Waals surface area contributed by atoms with Crippen LogP contribution >= 0.6 is 0 Å². The number of nitrogens with zero attached hydrogens (tertiary/aromatic N) is 3. The average molecular weight is 506 g/mol. The third-order valence-electron chi connectivity index (χ3n) is 6.27. The summed E-state index contributed by atoms with van der Waals surface area (Å²) in [7, 11) is 1.91. The number of benzene rings is 4. The van der Waals surface area contributed by atoms with Crippen LogP contribution in [0.15, 0.2) is 103 Å². The molecule has 4 aromatic carbocycles. The van der Waals surface area contributed by atoms with E-state index >= 15 is 0 Å². The van der Waals surface area contributed by atoms with Crippen molar-refractivity contribution in [3.8, 4) is 11.1 Å². The first-order valence-corrected chi connectivity index (χ1v) is 12.0. The van der Waals surface area contributed by atoms with Crippen LogP contribution in [-0.2, 0) is 18.4 Å². The minimum atomic E-state index is -1.14. The second-order valence-corrected chi connectivity index (χ2v) is 8.91. The largest absolute Gasteiger partial charge is 0.478 e. The molecule has 5 aromatic rings. The minimum Gasteiger partial charge on any atom is -0.478 e. The molecular weight excluding hydrogens is 481 g/mol. The van der Waals surface area contributed by atoms with E-state index in [9.17, 15) is 14.0 Å². The number of hydrogen-bond donors (Lipinski definition) is 1. The number of aryl methyl sites for hydroxylation is 1. The van der Waals surface area contributed by atoms with Gasteiger partial charge in [-0.15, -0.1) is 0 Å². The maximum atomic E-state index is 14.5. The van der Waals surface area contributed by atoms with E-state index in [1.165, 1.54) is 23.1 Å². The highest BCUT2D eigenvalue weighted by atomic mass is 19.1. The molecule has 188 valence electrons. The van der Waals surface area contributed by atoms with Crippen molar-refractivity contribution in [3.63, 3.8) is 0 Å². The molecule has 0 bridgehead atoms. The summed E-state index contributed by atoms with van der Waals surface area (Å²) in [6.07, 6.45) is 4.07. The first kappa shape index (κ1) is 24.6. The Morgan fingerprint density at radius 3 is 2.42 bits per heavy atom. The quantitative estimate of drug-likeness (QED) is 0.263. The molecule has 0 aliphatic heterocycles. The zero-order valence-corrected chi connectivity index (χ0v) is 20.6.